The Morgan fingerprint density at radius 2 is 1.77 bits per heavy atom. The van der Waals surface area contributed by atoms with Crippen LogP contribution in [0.3, 0.4) is 0 Å². The lowest BCUT2D eigenvalue weighted by Gasteiger charge is -2.30. The maximum absolute atomic E-state index is 13.9. The third-order valence-electron chi connectivity index (χ3n) is 6.93. The predicted octanol–water partition coefficient (Wildman–Crippen LogP) is 5.78. The zero-order chi connectivity index (χ0) is 27.3. The third-order valence-corrected chi connectivity index (χ3v) is 9.59. The number of methoxy groups -OCH3 is 1. The maximum atomic E-state index is 13.9. The van der Waals surface area contributed by atoms with Gasteiger partial charge in [-0.3, -0.25) is 14.4 Å². The molecule has 10 heteroatoms. The van der Waals surface area contributed by atoms with E-state index < -0.39 is 17.1 Å². The summed E-state index contributed by atoms with van der Waals surface area (Å²) in [6, 6.07) is 20.2. The lowest BCUT2D eigenvalue weighted by atomic mass is 9.83. The Balaban J connectivity index is 1.37. The quantitative estimate of drug-likeness (QED) is 0.292. The number of nitrogens with zero attached hydrogens (tertiary/aromatic N) is 1. The minimum Gasteiger partial charge on any atom is -0.493 e. The second-order valence-electron chi connectivity index (χ2n) is 9.43. The number of aromatic amines is 1. The van der Waals surface area contributed by atoms with Crippen LogP contribution < -0.4 is 19.2 Å². The van der Waals surface area contributed by atoms with Crippen molar-refractivity contribution in [3.05, 3.63) is 103 Å². The summed E-state index contributed by atoms with van der Waals surface area (Å²) in [6.07, 6.45) is 0. The number of fused-ring (bicyclic) bond motifs is 2. The molecule has 0 saturated carbocycles. The van der Waals surface area contributed by atoms with Gasteiger partial charge < -0.3 is 14.5 Å². The molecule has 2 amide bonds. The number of benzene rings is 3. The van der Waals surface area contributed by atoms with E-state index in [9.17, 15) is 14.4 Å². The summed E-state index contributed by atoms with van der Waals surface area (Å²) in [6.45, 7) is 2.40. The van der Waals surface area contributed by atoms with Crippen LogP contribution >= 0.6 is 34.7 Å². The van der Waals surface area contributed by atoms with Crippen molar-refractivity contribution in [1.29, 1.82) is 0 Å². The molecule has 1 fully saturated rings. The van der Waals surface area contributed by atoms with E-state index in [1.165, 1.54) is 16.7 Å². The van der Waals surface area contributed by atoms with Gasteiger partial charge in [0.2, 0.25) is 11.8 Å². The molecule has 198 valence electrons. The maximum Gasteiger partial charge on any atom is 0.305 e. The normalized spacial score (nSPS) is 20.1. The summed E-state index contributed by atoms with van der Waals surface area (Å²) in [4.78, 5) is 44.4. The predicted molar refractivity (Wildman–Crippen MR) is 152 cm³/mol. The minimum atomic E-state index is -0.694. The van der Waals surface area contributed by atoms with Crippen LogP contribution in [-0.2, 0) is 16.2 Å². The van der Waals surface area contributed by atoms with Gasteiger partial charge in [0.05, 0.1) is 23.7 Å². The molecule has 2 aliphatic rings. The number of halogens is 1. The van der Waals surface area contributed by atoms with Gasteiger partial charge in [0.15, 0.2) is 11.5 Å². The summed E-state index contributed by atoms with van der Waals surface area (Å²) >= 11 is 8.34. The van der Waals surface area contributed by atoms with Crippen LogP contribution in [0.2, 0.25) is 5.02 Å². The van der Waals surface area contributed by atoms with E-state index in [2.05, 4.69) is 11.1 Å². The van der Waals surface area contributed by atoms with Crippen molar-refractivity contribution in [2.75, 3.05) is 12.0 Å². The highest BCUT2D eigenvalue weighted by Crippen LogP contribution is 2.53. The molecule has 1 N–H and O–H groups in total. The summed E-state index contributed by atoms with van der Waals surface area (Å²) in [5, 5.41) is 0.451. The minimum absolute atomic E-state index is 0.225. The smallest absolute Gasteiger partial charge is 0.305 e. The van der Waals surface area contributed by atoms with E-state index in [-0.39, 0.29) is 16.7 Å². The van der Waals surface area contributed by atoms with Crippen LogP contribution in [-0.4, -0.2) is 29.2 Å². The fourth-order valence-corrected chi connectivity index (χ4v) is 7.82. The number of ether oxygens (including phenoxy) is 2. The van der Waals surface area contributed by atoms with E-state index >= 15 is 0 Å². The van der Waals surface area contributed by atoms with Crippen molar-refractivity contribution < 1.29 is 19.1 Å². The zero-order valence-electron chi connectivity index (χ0n) is 21.0. The second-order valence-corrected chi connectivity index (χ2v) is 12.0. The average Bonchev–Trinajstić information content (AvgIpc) is 3.42. The monoisotopic (exact) mass is 578 g/mol. The molecular weight excluding hydrogens is 556 g/mol. The largest absolute Gasteiger partial charge is 0.493 e. The Morgan fingerprint density at radius 3 is 2.51 bits per heavy atom. The lowest BCUT2D eigenvalue weighted by molar-refractivity contribution is -0.122. The summed E-state index contributed by atoms with van der Waals surface area (Å²) < 4.78 is 11.7. The van der Waals surface area contributed by atoms with Gasteiger partial charge >= 0.3 is 4.87 Å². The summed E-state index contributed by atoms with van der Waals surface area (Å²) in [5.41, 5.74) is 3.42. The van der Waals surface area contributed by atoms with Crippen molar-refractivity contribution >= 4 is 52.2 Å². The van der Waals surface area contributed by atoms with Crippen molar-refractivity contribution in [3.63, 3.8) is 0 Å². The van der Waals surface area contributed by atoms with Crippen molar-refractivity contribution in [1.82, 2.24) is 4.98 Å². The SMILES string of the molecule is COc1cc([C@@H]2c3sc(=O)[nH]c3S[C@H]3C(=O)N(c4ccc(Cl)cc4)C(=O)[C@@H]23)ccc1OCc1cccc(C)c1. The van der Waals surface area contributed by atoms with Gasteiger partial charge in [-0.1, -0.05) is 70.6 Å². The molecule has 2 aliphatic heterocycles. The van der Waals surface area contributed by atoms with Crippen molar-refractivity contribution in [2.45, 2.75) is 29.7 Å². The lowest BCUT2D eigenvalue weighted by Crippen LogP contribution is -2.32. The Morgan fingerprint density at radius 1 is 0.974 bits per heavy atom. The first-order valence-corrected chi connectivity index (χ1v) is 14.3. The molecule has 6 rings (SSSR count). The first-order valence-electron chi connectivity index (χ1n) is 12.2. The molecule has 3 heterocycles. The fourth-order valence-electron chi connectivity index (χ4n) is 5.18. The van der Waals surface area contributed by atoms with Crippen LogP contribution in [0.15, 0.2) is 76.6 Å². The molecule has 3 atom stereocenters. The Labute approximate surface area is 237 Å². The number of carbonyl (C=O) groups excluding carboxylic acids is 2. The Bertz CT molecular complexity index is 1650. The van der Waals surface area contributed by atoms with Gasteiger partial charge in [-0.25, -0.2) is 4.90 Å². The van der Waals surface area contributed by atoms with Crippen LogP contribution in [0, 0.1) is 12.8 Å². The third kappa shape index (κ3) is 4.64. The van der Waals surface area contributed by atoms with Gasteiger partial charge in [-0.2, -0.15) is 0 Å². The molecule has 7 nitrogen and oxygen atoms in total. The van der Waals surface area contributed by atoms with Crippen molar-refractivity contribution in [2.24, 2.45) is 5.92 Å². The molecule has 4 aromatic rings. The van der Waals surface area contributed by atoms with Gasteiger partial charge in [0.1, 0.15) is 11.9 Å². The Hall–Kier alpha value is -3.53. The highest BCUT2D eigenvalue weighted by Gasteiger charge is 2.56. The fraction of sp³-hybridized carbons (Fsp3) is 0.207. The first-order chi connectivity index (χ1) is 18.8. The number of rotatable bonds is 6. The van der Waals surface area contributed by atoms with E-state index in [1.807, 2.05) is 43.3 Å². The number of hydrogen-bond donors (Lipinski definition) is 1. The molecule has 0 unspecified atom stereocenters. The van der Waals surface area contributed by atoms with Crippen LogP contribution in [0.1, 0.15) is 27.5 Å². The number of anilines is 1. The number of aryl methyl sites for hydroxylation is 1. The second kappa shape index (κ2) is 10.2. The first kappa shape index (κ1) is 25.7. The van der Waals surface area contributed by atoms with E-state index in [1.54, 1.807) is 31.4 Å². The number of nitrogens with one attached hydrogen (secondary N) is 1. The summed E-state index contributed by atoms with van der Waals surface area (Å²) in [7, 11) is 1.56. The molecule has 1 aromatic heterocycles. The molecule has 39 heavy (non-hydrogen) atoms. The number of aromatic nitrogens is 1. The number of thioether (sulfide) groups is 1. The summed E-state index contributed by atoms with van der Waals surface area (Å²) in [5.74, 6) is -0.765. The van der Waals surface area contributed by atoms with Gasteiger partial charge in [0, 0.05) is 15.8 Å². The standard InChI is InChI=1S/C29H23ClN2O5S2/c1-15-4-3-5-16(12-15)14-37-20-11-6-17(13-21(20)36-2)22-23-25(38-26-24(22)39-29(35)31-26)28(34)32(27(23)33)19-9-7-18(30)8-10-19/h3-13,22-23,25H,14H2,1-2H3,(H,31,35)/t22-,23-,25+/m0/s1. The van der Waals surface area contributed by atoms with Crippen LogP contribution in [0.4, 0.5) is 5.69 Å². The number of thiazole rings is 1. The molecule has 1 saturated heterocycles. The molecule has 0 radical (unpaired) electrons. The van der Waals surface area contributed by atoms with Gasteiger partial charge in [-0.05, 0) is 54.4 Å². The highest BCUT2D eigenvalue weighted by atomic mass is 35.5. The van der Waals surface area contributed by atoms with E-state index in [0.717, 1.165) is 32.9 Å². The molecular formula is C29H23ClN2O5S2. The average molecular weight is 579 g/mol. The Kier molecular flexibility index (Phi) is 6.74. The molecule has 0 aliphatic carbocycles. The number of hydrogen-bond acceptors (Lipinski definition) is 7. The van der Waals surface area contributed by atoms with Crippen LogP contribution in [0.5, 0.6) is 11.5 Å². The van der Waals surface area contributed by atoms with Crippen LogP contribution in [0.25, 0.3) is 0 Å². The molecule has 3 aromatic carbocycles. The number of H-pyrrole nitrogens is 1. The number of amides is 2. The van der Waals surface area contributed by atoms with E-state index in [4.69, 9.17) is 21.1 Å². The molecule has 0 spiro atoms. The number of carbonyl (C=O) groups is 2. The topological polar surface area (TPSA) is 88.7 Å². The van der Waals surface area contributed by atoms with Gasteiger partial charge in [-0.15, -0.1) is 0 Å². The highest BCUT2D eigenvalue weighted by molar-refractivity contribution is 8.00. The molecule has 0 bridgehead atoms. The van der Waals surface area contributed by atoms with Crippen molar-refractivity contribution in [3.8, 4) is 11.5 Å². The van der Waals surface area contributed by atoms with E-state index in [0.29, 0.717) is 33.8 Å². The number of imide groups is 1. The van der Waals surface area contributed by atoms with Gasteiger partial charge in [0.25, 0.3) is 0 Å². The zero-order valence-corrected chi connectivity index (χ0v) is 23.4.